The minimum atomic E-state index is -0.733. The van der Waals surface area contributed by atoms with Gasteiger partial charge in [-0.15, -0.1) is 0 Å². The maximum Gasteiger partial charge on any atom is 0.303 e. The van der Waals surface area contributed by atoms with E-state index in [-0.39, 0.29) is 18.4 Å². The predicted octanol–water partition coefficient (Wildman–Crippen LogP) is 4.70. The van der Waals surface area contributed by atoms with Gasteiger partial charge in [-0.05, 0) is 43.6 Å². The van der Waals surface area contributed by atoms with Crippen LogP contribution in [0.4, 0.5) is 0 Å². The van der Waals surface area contributed by atoms with E-state index in [1.165, 1.54) is 0 Å². The molecule has 4 heteroatoms. The van der Waals surface area contributed by atoms with Gasteiger partial charge in [-0.1, -0.05) is 61.6 Å². The van der Waals surface area contributed by atoms with Crippen molar-refractivity contribution in [3.8, 4) is 0 Å². The third kappa shape index (κ3) is 5.33. The van der Waals surface area contributed by atoms with Crippen LogP contribution in [0.15, 0.2) is 54.6 Å². The second-order valence-electron chi connectivity index (χ2n) is 8.10. The Morgan fingerprint density at radius 1 is 1.21 bits per heavy atom. The Bertz CT molecular complexity index is 681. The average molecular weight is 385 g/mol. The number of ether oxygens (including phenoxy) is 1. The summed E-state index contributed by atoms with van der Waals surface area (Å²) in [5.41, 5.74) is 1.14. The molecule has 152 valence electrons. The van der Waals surface area contributed by atoms with E-state index in [4.69, 9.17) is 9.84 Å². The molecule has 0 radical (unpaired) electrons. The van der Waals surface area contributed by atoms with E-state index in [0.29, 0.717) is 24.4 Å². The Labute approximate surface area is 167 Å². The monoisotopic (exact) mass is 384 g/mol. The fraction of sp³-hybridized carbons (Fsp3) is 0.542. The summed E-state index contributed by atoms with van der Waals surface area (Å²) in [6.07, 6.45) is 13.4. The zero-order valence-electron chi connectivity index (χ0n) is 16.6. The molecule has 2 fully saturated rings. The van der Waals surface area contributed by atoms with Crippen LogP contribution >= 0.6 is 0 Å². The molecule has 2 aliphatic rings. The standard InChI is InChI=1S/C24H32O4/c1-17(18-9-5-4-6-10-18)21(25)14-13-20-19(22-15-16-23(20)28-22)11-7-2-3-8-12-24(26)27/h2,4-7,9-10,13-14,17,19-23,25H,3,8,11-12,15-16H2,1H3,(H,26,27)/t17?,19-,20+,21?,22-,23+/m0/s1. The van der Waals surface area contributed by atoms with Gasteiger partial charge in [0.2, 0.25) is 0 Å². The molecule has 0 aromatic heterocycles. The van der Waals surface area contributed by atoms with Gasteiger partial charge in [-0.2, -0.15) is 0 Å². The Morgan fingerprint density at radius 3 is 2.71 bits per heavy atom. The molecule has 0 saturated carbocycles. The molecule has 6 atom stereocenters. The molecule has 2 saturated heterocycles. The highest BCUT2D eigenvalue weighted by molar-refractivity contribution is 5.66. The van der Waals surface area contributed by atoms with Crippen LogP contribution in [-0.2, 0) is 9.53 Å². The number of hydrogen-bond acceptors (Lipinski definition) is 3. The van der Waals surface area contributed by atoms with Crippen LogP contribution in [0.1, 0.15) is 56.9 Å². The molecular weight excluding hydrogens is 352 g/mol. The summed E-state index contributed by atoms with van der Waals surface area (Å²) in [5, 5.41) is 19.3. The zero-order chi connectivity index (χ0) is 19.9. The van der Waals surface area contributed by atoms with Crippen molar-refractivity contribution in [1.82, 2.24) is 0 Å². The molecule has 4 nitrogen and oxygen atoms in total. The fourth-order valence-corrected chi connectivity index (χ4v) is 4.49. The number of carboxylic acid groups (broad SMARTS) is 1. The van der Waals surface area contributed by atoms with Crippen LogP contribution in [0.5, 0.6) is 0 Å². The number of aliphatic hydroxyl groups excluding tert-OH is 1. The SMILES string of the molecule is CC(c1ccccc1)C(O)C=C[C@@H]1[C@H](CC=CCCCC(=O)O)[C@@H]2CC[C@H]1O2. The third-order valence-electron chi connectivity index (χ3n) is 6.19. The third-order valence-corrected chi connectivity index (χ3v) is 6.19. The topological polar surface area (TPSA) is 66.8 Å². The molecule has 3 rings (SSSR count). The summed E-state index contributed by atoms with van der Waals surface area (Å²) in [6, 6.07) is 10.1. The molecule has 2 unspecified atom stereocenters. The summed E-state index contributed by atoms with van der Waals surface area (Å²) in [4.78, 5) is 10.6. The first-order valence-electron chi connectivity index (χ1n) is 10.5. The van der Waals surface area contributed by atoms with Crippen LogP contribution in [0.2, 0.25) is 0 Å². The number of benzene rings is 1. The van der Waals surface area contributed by atoms with Crippen molar-refractivity contribution in [2.45, 2.75) is 69.7 Å². The lowest BCUT2D eigenvalue weighted by Gasteiger charge is -2.25. The fourth-order valence-electron chi connectivity index (χ4n) is 4.49. The zero-order valence-corrected chi connectivity index (χ0v) is 16.6. The first-order chi connectivity index (χ1) is 13.6. The largest absolute Gasteiger partial charge is 0.481 e. The molecule has 0 amide bonds. The molecule has 1 aromatic rings. The number of unbranched alkanes of at least 4 members (excludes halogenated alkanes) is 1. The van der Waals surface area contributed by atoms with Gasteiger partial charge >= 0.3 is 5.97 Å². The van der Waals surface area contributed by atoms with E-state index in [9.17, 15) is 9.90 Å². The molecule has 28 heavy (non-hydrogen) atoms. The number of carbonyl (C=O) groups is 1. The van der Waals surface area contributed by atoms with E-state index < -0.39 is 12.1 Å². The average Bonchev–Trinajstić information content (AvgIpc) is 3.30. The Kier molecular flexibility index (Phi) is 7.46. The molecule has 0 spiro atoms. The lowest BCUT2D eigenvalue weighted by atomic mass is 9.77. The van der Waals surface area contributed by atoms with Gasteiger partial charge in [-0.3, -0.25) is 4.79 Å². The van der Waals surface area contributed by atoms with Crippen molar-refractivity contribution in [3.63, 3.8) is 0 Å². The minimum absolute atomic E-state index is 0.0598. The summed E-state index contributed by atoms with van der Waals surface area (Å²) >= 11 is 0. The second kappa shape index (κ2) is 10.0. The molecule has 2 aliphatic heterocycles. The molecule has 2 N–H and O–H groups in total. The maximum atomic E-state index is 10.6. The first-order valence-corrected chi connectivity index (χ1v) is 10.5. The minimum Gasteiger partial charge on any atom is -0.481 e. The number of hydrogen-bond donors (Lipinski definition) is 2. The second-order valence-corrected chi connectivity index (χ2v) is 8.10. The van der Waals surface area contributed by atoms with Crippen molar-refractivity contribution >= 4 is 5.97 Å². The Balaban J connectivity index is 1.54. The summed E-state index contributed by atoms with van der Waals surface area (Å²) in [5.74, 6) is 0.123. The van der Waals surface area contributed by atoms with E-state index in [1.54, 1.807) is 0 Å². The van der Waals surface area contributed by atoms with Crippen molar-refractivity contribution in [2.75, 3.05) is 0 Å². The lowest BCUT2D eigenvalue weighted by Crippen LogP contribution is -2.26. The van der Waals surface area contributed by atoms with Gasteiger partial charge in [0, 0.05) is 18.3 Å². The summed E-state index contributed by atoms with van der Waals surface area (Å²) in [7, 11) is 0. The number of fused-ring (bicyclic) bond motifs is 2. The molecule has 1 aromatic carbocycles. The first kappa shape index (κ1) is 20.8. The van der Waals surface area contributed by atoms with E-state index in [1.807, 2.05) is 24.3 Å². The van der Waals surface area contributed by atoms with Gasteiger partial charge in [-0.25, -0.2) is 0 Å². The Morgan fingerprint density at radius 2 is 1.96 bits per heavy atom. The summed E-state index contributed by atoms with van der Waals surface area (Å²) < 4.78 is 6.14. The van der Waals surface area contributed by atoms with Gasteiger partial charge in [0.05, 0.1) is 18.3 Å². The van der Waals surface area contributed by atoms with Crippen LogP contribution < -0.4 is 0 Å². The number of rotatable bonds is 10. The van der Waals surface area contributed by atoms with E-state index in [0.717, 1.165) is 31.2 Å². The highest BCUT2D eigenvalue weighted by Crippen LogP contribution is 2.46. The smallest absolute Gasteiger partial charge is 0.303 e. The van der Waals surface area contributed by atoms with Crippen LogP contribution in [0.3, 0.4) is 0 Å². The predicted molar refractivity (Wildman–Crippen MR) is 110 cm³/mol. The van der Waals surface area contributed by atoms with Crippen LogP contribution in [0, 0.1) is 11.8 Å². The van der Waals surface area contributed by atoms with Gasteiger partial charge < -0.3 is 14.9 Å². The van der Waals surface area contributed by atoms with Crippen LogP contribution in [-0.4, -0.2) is 34.5 Å². The van der Waals surface area contributed by atoms with Gasteiger partial charge in [0.25, 0.3) is 0 Å². The van der Waals surface area contributed by atoms with Crippen LogP contribution in [0.25, 0.3) is 0 Å². The number of allylic oxidation sites excluding steroid dienone is 2. The van der Waals surface area contributed by atoms with Crippen molar-refractivity contribution < 1.29 is 19.7 Å². The van der Waals surface area contributed by atoms with Gasteiger partial charge in [0.1, 0.15) is 0 Å². The lowest BCUT2D eigenvalue weighted by molar-refractivity contribution is -0.137. The summed E-state index contributed by atoms with van der Waals surface area (Å²) in [6.45, 7) is 2.05. The van der Waals surface area contributed by atoms with E-state index in [2.05, 4.69) is 37.3 Å². The number of aliphatic carboxylic acids is 1. The maximum absolute atomic E-state index is 10.6. The number of aliphatic hydroxyl groups is 1. The molecule has 0 aliphatic carbocycles. The van der Waals surface area contributed by atoms with Crippen molar-refractivity contribution in [2.24, 2.45) is 11.8 Å². The highest BCUT2D eigenvalue weighted by atomic mass is 16.5. The normalized spacial score (nSPS) is 28.9. The number of carboxylic acids is 1. The quantitative estimate of drug-likeness (QED) is 0.453. The van der Waals surface area contributed by atoms with Gasteiger partial charge in [0.15, 0.2) is 0 Å². The Hall–Kier alpha value is -1.91. The molecular formula is C24H32O4. The van der Waals surface area contributed by atoms with Crippen molar-refractivity contribution in [3.05, 3.63) is 60.2 Å². The van der Waals surface area contributed by atoms with Crippen molar-refractivity contribution in [1.29, 1.82) is 0 Å². The molecule has 2 bridgehead atoms. The highest BCUT2D eigenvalue weighted by Gasteiger charge is 2.46. The van der Waals surface area contributed by atoms with E-state index >= 15 is 0 Å². The molecule has 2 heterocycles.